The van der Waals surface area contributed by atoms with Crippen molar-refractivity contribution in [1.82, 2.24) is 4.98 Å². The van der Waals surface area contributed by atoms with E-state index in [4.69, 9.17) is 0 Å². The first-order valence-electron chi connectivity index (χ1n) is 7.30. The van der Waals surface area contributed by atoms with Gasteiger partial charge in [0, 0.05) is 22.8 Å². The van der Waals surface area contributed by atoms with E-state index in [1.807, 2.05) is 25.1 Å². The van der Waals surface area contributed by atoms with Crippen molar-refractivity contribution < 1.29 is 9.18 Å². The third-order valence-corrected chi connectivity index (χ3v) is 3.73. The smallest absolute Gasteiger partial charge is 0.261 e. The number of anilines is 1. The average molecular weight is 310 g/mol. The van der Waals surface area contributed by atoms with E-state index in [0.717, 1.165) is 18.1 Å². The van der Waals surface area contributed by atoms with Gasteiger partial charge in [-0.05, 0) is 36.2 Å². The highest BCUT2D eigenvalue weighted by Gasteiger charge is 2.14. The number of benzene rings is 2. The summed E-state index contributed by atoms with van der Waals surface area (Å²) < 4.78 is 13.3. The molecule has 1 aromatic heterocycles. The number of amides is 1. The Kier molecular flexibility index (Phi) is 3.93. The molecule has 0 bridgehead atoms. The maximum absolute atomic E-state index is 13.3. The molecule has 5 heteroatoms. The van der Waals surface area contributed by atoms with E-state index in [9.17, 15) is 14.0 Å². The van der Waals surface area contributed by atoms with Crippen molar-refractivity contribution in [2.45, 2.75) is 13.3 Å². The number of hydrogen-bond acceptors (Lipinski definition) is 2. The van der Waals surface area contributed by atoms with Crippen LogP contribution in [0, 0.1) is 5.82 Å². The molecule has 0 spiro atoms. The van der Waals surface area contributed by atoms with Gasteiger partial charge in [0.1, 0.15) is 11.4 Å². The number of rotatable bonds is 3. The molecule has 0 unspecified atom stereocenters. The minimum atomic E-state index is -0.517. The van der Waals surface area contributed by atoms with Crippen LogP contribution in [0.25, 0.3) is 10.9 Å². The van der Waals surface area contributed by atoms with Gasteiger partial charge in [-0.15, -0.1) is 0 Å². The molecule has 0 aliphatic heterocycles. The number of para-hydroxylation sites is 1. The number of aromatic amines is 1. The fourth-order valence-electron chi connectivity index (χ4n) is 2.50. The molecule has 0 fully saturated rings. The number of fused-ring (bicyclic) bond motifs is 1. The first kappa shape index (κ1) is 15.0. The average Bonchev–Trinajstić information content (AvgIpc) is 2.56. The lowest BCUT2D eigenvalue weighted by atomic mass is 10.1. The lowest BCUT2D eigenvalue weighted by Crippen LogP contribution is -2.22. The summed E-state index contributed by atoms with van der Waals surface area (Å²) in [7, 11) is 0. The third-order valence-electron chi connectivity index (χ3n) is 3.73. The molecule has 23 heavy (non-hydrogen) atoms. The van der Waals surface area contributed by atoms with Crippen LogP contribution < -0.4 is 10.7 Å². The molecule has 1 amide bonds. The van der Waals surface area contributed by atoms with Crippen LogP contribution in [-0.4, -0.2) is 10.9 Å². The van der Waals surface area contributed by atoms with E-state index in [1.54, 1.807) is 6.07 Å². The van der Waals surface area contributed by atoms with Gasteiger partial charge in [-0.25, -0.2) is 4.39 Å². The summed E-state index contributed by atoms with van der Waals surface area (Å²) >= 11 is 0. The van der Waals surface area contributed by atoms with Gasteiger partial charge < -0.3 is 10.3 Å². The first-order chi connectivity index (χ1) is 11.1. The molecule has 3 aromatic rings. The molecule has 116 valence electrons. The summed E-state index contributed by atoms with van der Waals surface area (Å²) in [5.74, 6) is -1.03. The third kappa shape index (κ3) is 2.85. The van der Waals surface area contributed by atoms with Gasteiger partial charge in [0.15, 0.2) is 0 Å². The molecular weight excluding hydrogens is 295 g/mol. The fraction of sp³-hybridized carbons (Fsp3) is 0.111. The molecule has 0 aliphatic carbocycles. The van der Waals surface area contributed by atoms with Crippen LogP contribution in [0.1, 0.15) is 22.8 Å². The molecule has 0 atom stereocenters. The van der Waals surface area contributed by atoms with Crippen molar-refractivity contribution in [3.8, 4) is 0 Å². The molecule has 4 nitrogen and oxygen atoms in total. The van der Waals surface area contributed by atoms with Gasteiger partial charge in [-0.2, -0.15) is 0 Å². The van der Waals surface area contributed by atoms with Gasteiger partial charge in [-0.3, -0.25) is 9.59 Å². The van der Waals surface area contributed by atoms with E-state index in [1.165, 1.54) is 18.3 Å². The summed E-state index contributed by atoms with van der Waals surface area (Å²) in [5, 5.41) is 2.90. The Bertz CT molecular complexity index is 947. The zero-order valence-corrected chi connectivity index (χ0v) is 12.5. The number of carbonyl (C=O) groups excluding carboxylic acids is 1. The van der Waals surface area contributed by atoms with Crippen molar-refractivity contribution in [2.24, 2.45) is 0 Å². The second-order valence-electron chi connectivity index (χ2n) is 5.19. The van der Waals surface area contributed by atoms with Gasteiger partial charge in [0.2, 0.25) is 5.43 Å². The highest BCUT2D eigenvalue weighted by molar-refractivity contribution is 6.06. The van der Waals surface area contributed by atoms with Gasteiger partial charge in [0.25, 0.3) is 5.91 Å². The van der Waals surface area contributed by atoms with Gasteiger partial charge in [-0.1, -0.05) is 25.1 Å². The fourth-order valence-corrected chi connectivity index (χ4v) is 2.50. The quantitative estimate of drug-likeness (QED) is 0.778. The minimum absolute atomic E-state index is 0.0472. The maximum atomic E-state index is 13.3. The number of carbonyl (C=O) groups is 1. The van der Waals surface area contributed by atoms with E-state index in [0.29, 0.717) is 11.2 Å². The lowest BCUT2D eigenvalue weighted by molar-refractivity contribution is 0.102. The summed E-state index contributed by atoms with van der Waals surface area (Å²) in [6.45, 7) is 1.98. The number of pyridine rings is 1. The van der Waals surface area contributed by atoms with E-state index < -0.39 is 17.2 Å². The molecule has 2 N–H and O–H groups in total. The van der Waals surface area contributed by atoms with Crippen LogP contribution in [0.5, 0.6) is 0 Å². The Morgan fingerprint density at radius 2 is 2.00 bits per heavy atom. The Morgan fingerprint density at radius 1 is 1.22 bits per heavy atom. The largest absolute Gasteiger partial charge is 0.360 e. The standard InChI is InChI=1S/C18H15FN2O2/c1-2-11-5-3-4-6-15(11)21-18(23)14-10-20-16-8-7-12(19)9-13(16)17(14)22/h3-10H,2H2,1H3,(H,20,22)(H,21,23). The van der Waals surface area contributed by atoms with E-state index in [-0.39, 0.29) is 10.9 Å². The van der Waals surface area contributed by atoms with Crippen molar-refractivity contribution >= 4 is 22.5 Å². The van der Waals surface area contributed by atoms with E-state index >= 15 is 0 Å². The molecule has 0 radical (unpaired) electrons. The van der Waals surface area contributed by atoms with Crippen molar-refractivity contribution in [3.05, 3.63) is 75.8 Å². The molecule has 0 saturated carbocycles. The van der Waals surface area contributed by atoms with Crippen LogP contribution in [0.4, 0.5) is 10.1 Å². The number of nitrogens with one attached hydrogen (secondary N) is 2. The second kappa shape index (κ2) is 6.04. The summed E-state index contributed by atoms with van der Waals surface area (Å²) in [5.41, 5.74) is 1.59. The molecule has 0 saturated heterocycles. The Balaban J connectivity index is 2.01. The van der Waals surface area contributed by atoms with Crippen LogP contribution >= 0.6 is 0 Å². The predicted molar refractivity (Wildman–Crippen MR) is 88.3 cm³/mol. The number of H-pyrrole nitrogens is 1. The number of aryl methyl sites for hydroxylation is 1. The van der Waals surface area contributed by atoms with Crippen molar-refractivity contribution in [1.29, 1.82) is 0 Å². The number of halogens is 1. The number of aromatic nitrogens is 1. The highest BCUT2D eigenvalue weighted by atomic mass is 19.1. The molecule has 0 aliphatic rings. The topological polar surface area (TPSA) is 62.0 Å². The van der Waals surface area contributed by atoms with Crippen LogP contribution in [0.3, 0.4) is 0 Å². The molecule has 2 aromatic carbocycles. The van der Waals surface area contributed by atoms with E-state index in [2.05, 4.69) is 10.3 Å². The zero-order valence-electron chi connectivity index (χ0n) is 12.5. The Morgan fingerprint density at radius 3 is 2.78 bits per heavy atom. The van der Waals surface area contributed by atoms with Gasteiger partial charge in [0.05, 0.1) is 0 Å². The normalized spacial score (nSPS) is 10.7. The summed E-state index contributed by atoms with van der Waals surface area (Å²) in [6, 6.07) is 11.3. The van der Waals surface area contributed by atoms with Crippen molar-refractivity contribution in [2.75, 3.05) is 5.32 Å². The van der Waals surface area contributed by atoms with Crippen LogP contribution in [0.15, 0.2) is 53.5 Å². The van der Waals surface area contributed by atoms with Gasteiger partial charge >= 0.3 is 0 Å². The second-order valence-corrected chi connectivity index (χ2v) is 5.19. The zero-order chi connectivity index (χ0) is 16.4. The predicted octanol–water partition coefficient (Wildman–Crippen LogP) is 3.48. The lowest BCUT2D eigenvalue weighted by Gasteiger charge is -2.09. The molecule has 3 rings (SSSR count). The monoisotopic (exact) mass is 310 g/mol. The first-order valence-corrected chi connectivity index (χ1v) is 7.30. The Labute approximate surface area is 132 Å². The molecule has 1 heterocycles. The van der Waals surface area contributed by atoms with Crippen LogP contribution in [0.2, 0.25) is 0 Å². The maximum Gasteiger partial charge on any atom is 0.261 e. The highest BCUT2D eigenvalue weighted by Crippen LogP contribution is 2.16. The van der Waals surface area contributed by atoms with Crippen molar-refractivity contribution in [3.63, 3.8) is 0 Å². The summed E-state index contributed by atoms with van der Waals surface area (Å²) in [4.78, 5) is 27.7. The summed E-state index contributed by atoms with van der Waals surface area (Å²) in [6.07, 6.45) is 2.11. The Hall–Kier alpha value is -2.95. The number of hydrogen-bond donors (Lipinski definition) is 2. The van der Waals surface area contributed by atoms with Crippen LogP contribution in [-0.2, 0) is 6.42 Å². The minimum Gasteiger partial charge on any atom is -0.360 e. The SMILES string of the molecule is CCc1ccccc1NC(=O)c1c[nH]c2ccc(F)cc2c1=O. The molecular formula is C18H15FN2O2.